The molecule has 2 aromatic rings. The summed E-state index contributed by atoms with van der Waals surface area (Å²) in [5.41, 5.74) is 0.428. The number of carboxylic acid groups (broad SMARTS) is 1. The highest BCUT2D eigenvalue weighted by Crippen LogP contribution is 2.25. The number of amides is 3. The van der Waals surface area contributed by atoms with Gasteiger partial charge in [0, 0.05) is 18.5 Å². The average Bonchev–Trinajstić information content (AvgIpc) is 2.85. The van der Waals surface area contributed by atoms with Crippen molar-refractivity contribution in [1.82, 2.24) is 15.3 Å². The first-order valence-corrected chi connectivity index (χ1v) is 9.62. The number of benzene rings is 2. The maximum atomic E-state index is 13.1. The summed E-state index contributed by atoms with van der Waals surface area (Å²) in [4.78, 5) is 50.2. The maximum absolute atomic E-state index is 13.1. The molecule has 3 amide bonds. The van der Waals surface area contributed by atoms with Gasteiger partial charge in [0.05, 0.1) is 0 Å². The van der Waals surface area contributed by atoms with Crippen LogP contribution in [0.4, 0.5) is 0 Å². The Labute approximate surface area is 167 Å². The van der Waals surface area contributed by atoms with Crippen molar-refractivity contribution in [3.05, 3.63) is 48.0 Å². The van der Waals surface area contributed by atoms with Gasteiger partial charge in [0.15, 0.2) is 6.04 Å². The topological polar surface area (TPSA) is 107 Å². The first kappa shape index (κ1) is 18.9. The van der Waals surface area contributed by atoms with Crippen LogP contribution in [0.25, 0.3) is 10.8 Å². The molecular formula is C21H21N3O5. The molecule has 2 fully saturated rings. The van der Waals surface area contributed by atoms with Crippen LogP contribution in [0.1, 0.15) is 36.0 Å². The molecule has 0 bridgehead atoms. The summed E-state index contributed by atoms with van der Waals surface area (Å²) in [6.45, 7) is 0.304. The first-order valence-electron chi connectivity index (χ1n) is 9.62. The van der Waals surface area contributed by atoms with E-state index >= 15 is 0 Å². The number of rotatable bonds is 3. The highest BCUT2D eigenvalue weighted by atomic mass is 16.4. The molecule has 0 aromatic heterocycles. The second kappa shape index (κ2) is 7.54. The van der Waals surface area contributed by atoms with Gasteiger partial charge in [-0.2, -0.15) is 0 Å². The molecular weight excluding hydrogens is 374 g/mol. The molecule has 2 atom stereocenters. The zero-order valence-corrected chi connectivity index (χ0v) is 15.7. The summed E-state index contributed by atoms with van der Waals surface area (Å²) < 4.78 is 0. The third kappa shape index (κ3) is 3.41. The van der Waals surface area contributed by atoms with E-state index in [1.54, 1.807) is 12.1 Å². The van der Waals surface area contributed by atoms with Crippen molar-refractivity contribution in [2.75, 3.05) is 6.54 Å². The molecule has 0 unspecified atom stereocenters. The molecule has 0 radical (unpaired) electrons. The number of carbonyl (C=O) groups is 4. The van der Waals surface area contributed by atoms with Gasteiger partial charge in [-0.15, -0.1) is 0 Å². The fourth-order valence-electron chi connectivity index (χ4n) is 4.05. The Kier molecular flexibility index (Phi) is 4.92. The fourth-order valence-corrected chi connectivity index (χ4v) is 4.05. The zero-order valence-electron chi connectivity index (χ0n) is 15.7. The molecule has 0 aliphatic carbocycles. The van der Waals surface area contributed by atoms with Gasteiger partial charge in [0.2, 0.25) is 5.91 Å². The van der Waals surface area contributed by atoms with Crippen molar-refractivity contribution in [2.45, 2.75) is 37.8 Å². The molecule has 8 nitrogen and oxygen atoms in total. The molecule has 8 heteroatoms. The third-order valence-corrected chi connectivity index (χ3v) is 5.49. The predicted octanol–water partition coefficient (Wildman–Crippen LogP) is 1.55. The predicted molar refractivity (Wildman–Crippen MR) is 104 cm³/mol. The van der Waals surface area contributed by atoms with Crippen LogP contribution in [-0.2, 0) is 14.4 Å². The first-order chi connectivity index (χ1) is 14.0. The standard InChI is InChI=1S/C21H21N3O5/c25-18-11-10-16(20(27)24-17(21(28)29)9-4-12-23(18)24)22-19(26)15-8-3-6-13-5-1-2-7-14(13)15/h1-3,5-8,16-17H,4,9-12H2,(H,22,26)(H,28,29)/t16-,17-/m0/s1. The minimum atomic E-state index is -1.16. The summed E-state index contributed by atoms with van der Waals surface area (Å²) >= 11 is 0. The van der Waals surface area contributed by atoms with Crippen molar-refractivity contribution < 1.29 is 24.3 Å². The lowest BCUT2D eigenvalue weighted by atomic mass is 10.0. The number of carbonyl (C=O) groups excluding carboxylic acids is 3. The van der Waals surface area contributed by atoms with Crippen LogP contribution in [0.2, 0.25) is 0 Å². The lowest BCUT2D eigenvalue weighted by Gasteiger charge is -2.41. The molecule has 2 aromatic carbocycles. The van der Waals surface area contributed by atoms with Crippen LogP contribution >= 0.6 is 0 Å². The number of carboxylic acids is 1. The molecule has 0 saturated carbocycles. The summed E-state index contributed by atoms with van der Waals surface area (Å²) in [5, 5.41) is 16.2. The van der Waals surface area contributed by atoms with E-state index in [9.17, 15) is 24.3 Å². The van der Waals surface area contributed by atoms with Gasteiger partial charge in [-0.3, -0.25) is 19.4 Å². The number of hydrazine groups is 1. The summed E-state index contributed by atoms with van der Waals surface area (Å²) in [5.74, 6) is -2.44. The van der Waals surface area contributed by atoms with Gasteiger partial charge >= 0.3 is 5.97 Å². The third-order valence-electron chi connectivity index (χ3n) is 5.49. The number of fused-ring (bicyclic) bond motifs is 2. The van der Waals surface area contributed by atoms with E-state index < -0.39 is 29.9 Å². The lowest BCUT2D eigenvalue weighted by Crippen LogP contribution is -2.62. The van der Waals surface area contributed by atoms with E-state index in [4.69, 9.17) is 0 Å². The molecule has 2 aliphatic rings. The van der Waals surface area contributed by atoms with Gasteiger partial charge < -0.3 is 10.4 Å². The van der Waals surface area contributed by atoms with E-state index in [1.807, 2.05) is 30.3 Å². The van der Waals surface area contributed by atoms with Gasteiger partial charge in [-0.1, -0.05) is 36.4 Å². The van der Waals surface area contributed by atoms with Crippen molar-refractivity contribution in [2.24, 2.45) is 0 Å². The summed E-state index contributed by atoms with van der Waals surface area (Å²) in [6.07, 6.45) is 0.983. The lowest BCUT2D eigenvalue weighted by molar-refractivity contribution is -0.180. The Morgan fingerprint density at radius 1 is 1.03 bits per heavy atom. The Balaban J connectivity index is 1.62. The van der Waals surface area contributed by atoms with Crippen molar-refractivity contribution in [3.8, 4) is 0 Å². The Morgan fingerprint density at radius 3 is 2.59 bits per heavy atom. The second-order valence-corrected chi connectivity index (χ2v) is 7.29. The maximum Gasteiger partial charge on any atom is 0.328 e. The fraction of sp³-hybridized carbons (Fsp3) is 0.333. The highest BCUT2D eigenvalue weighted by molar-refractivity contribution is 6.08. The normalized spacial score (nSPS) is 22.2. The molecule has 2 N–H and O–H groups in total. The summed E-state index contributed by atoms with van der Waals surface area (Å²) in [7, 11) is 0. The van der Waals surface area contributed by atoms with E-state index in [0.29, 0.717) is 18.5 Å². The van der Waals surface area contributed by atoms with Crippen LogP contribution < -0.4 is 5.32 Å². The Morgan fingerprint density at radius 2 is 1.79 bits per heavy atom. The van der Waals surface area contributed by atoms with E-state index in [1.165, 1.54) is 5.01 Å². The van der Waals surface area contributed by atoms with Crippen LogP contribution in [0.5, 0.6) is 0 Å². The molecule has 29 heavy (non-hydrogen) atoms. The highest BCUT2D eigenvalue weighted by Gasteiger charge is 2.44. The van der Waals surface area contributed by atoms with Crippen LogP contribution in [0.15, 0.2) is 42.5 Å². The van der Waals surface area contributed by atoms with E-state index in [0.717, 1.165) is 15.8 Å². The number of nitrogens with one attached hydrogen (secondary N) is 1. The molecule has 2 heterocycles. The minimum Gasteiger partial charge on any atom is -0.480 e. The number of hydrogen-bond donors (Lipinski definition) is 2. The van der Waals surface area contributed by atoms with Crippen molar-refractivity contribution >= 4 is 34.5 Å². The smallest absolute Gasteiger partial charge is 0.328 e. The molecule has 2 aliphatic heterocycles. The SMILES string of the molecule is O=C(N[C@H]1CCC(=O)N2CCC[C@@H](C(=O)O)N2C1=O)c1cccc2ccccc12. The average molecular weight is 395 g/mol. The monoisotopic (exact) mass is 395 g/mol. The molecule has 4 rings (SSSR count). The van der Waals surface area contributed by atoms with Gasteiger partial charge in [-0.05, 0) is 36.1 Å². The van der Waals surface area contributed by atoms with E-state index in [2.05, 4.69) is 5.32 Å². The van der Waals surface area contributed by atoms with Crippen molar-refractivity contribution in [3.63, 3.8) is 0 Å². The van der Waals surface area contributed by atoms with E-state index in [-0.39, 0.29) is 25.2 Å². The Hall–Kier alpha value is -3.42. The second-order valence-electron chi connectivity index (χ2n) is 7.29. The quantitative estimate of drug-likeness (QED) is 0.820. The van der Waals surface area contributed by atoms with Crippen molar-refractivity contribution in [1.29, 1.82) is 0 Å². The van der Waals surface area contributed by atoms with Crippen LogP contribution in [-0.4, -0.2) is 57.4 Å². The van der Waals surface area contributed by atoms with Gasteiger partial charge in [-0.25, -0.2) is 9.80 Å². The molecule has 0 spiro atoms. The summed E-state index contributed by atoms with van der Waals surface area (Å²) in [6, 6.07) is 10.7. The van der Waals surface area contributed by atoms with Gasteiger partial charge in [0.1, 0.15) is 6.04 Å². The molecule has 2 saturated heterocycles. The van der Waals surface area contributed by atoms with Gasteiger partial charge in [0.25, 0.3) is 11.8 Å². The number of aliphatic carboxylic acids is 1. The largest absolute Gasteiger partial charge is 0.480 e. The van der Waals surface area contributed by atoms with Crippen LogP contribution in [0.3, 0.4) is 0 Å². The van der Waals surface area contributed by atoms with Crippen LogP contribution in [0, 0.1) is 0 Å². The number of hydrogen-bond acceptors (Lipinski definition) is 4. The number of nitrogens with zero attached hydrogens (tertiary/aromatic N) is 2. The minimum absolute atomic E-state index is 0.0645. The Bertz CT molecular complexity index is 999. The zero-order chi connectivity index (χ0) is 20.5. The molecule has 150 valence electrons.